The van der Waals surface area contributed by atoms with Gasteiger partial charge in [-0.1, -0.05) is 60.7 Å². The lowest BCUT2D eigenvalue weighted by Gasteiger charge is -2.29. The zero-order chi connectivity index (χ0) is 16.1. The average molecular weight is 308 g/mol. The summed E-state index contributed by atoms with van der Waals surface area (Å²) in [6.07, 6.45) is 0. The molecule has 0 aliphatic rings. The van der Waals surface area contributed by atoms with Crippen LogP contribution in [0.3, 0.4) is 0 Å². The van der Waals surface area contributed by atoms with Crippen LogP contribution >= 0.6 is 0 Å². The summed E-state index contributed by atoms with van der Waals surface area (Å²) in [7, 11) is 0. The van der Waals surface area contributed by atoms with Gasteiger partial charge in [-0.05, 0) is 35.4 Å². The number of benzene rings is 3. The Hall–Kier alpha value is -2.65. The fourth-order valence-corrected chi connectivity index (χ4v) is 2.48. The monoisotopic (exact) mass is 308 g/mol. The summed E-state index contributed by atoms with van der Waals surface area (Å²) >= 11 is 0. The molecule has 0 fully saturated rings. The maximum atomic E-state index is 13.0. The summed E-state index contributed by atoms with van der Waals surface area (Å²) in [5.41, 5.74) is 0.207. The Morgan fingerprint density at radius 3 is 1.70 bits per heavy atom. The van der Waals surface area contributed by atoms with Crippen LogP contribution in [0.25, 0.3) is 0 Å². The third-order valence-electron chi connectivity index (χ3n) is 3.76. The van der Waals surface area contributed by atoms with Gasteiger partial charge in [0.15, 0.2) is 0 Å². The highest BCUT2D eigenvalue weighted by Gasteiger charge is 2.32. The van der Waals surface area contributed by atoms with E-state index in [0.717, 1.165) is 11.1 Å². The quantitative estimate of drug-likeness (QED) is 0.767. The zero-order valence-corrected chi connectivity index (χ0v) is 12.5. The van der Waals surface area contributed by atoms with E-state index in [1.165, 1.54) is 12.1 Å². The van der Waals surface area contributed by atoms with E-state index in [0.29, 0.717) is 5.75 Å². The molecule has 0 saturated carbocycles. The van der Waals surface area contributed by atoms with Crippen LogP contribution in [0.2, 0.25) is 0 Å². The molecule has 0 unspecified atom stereocenters. The zero-order valence-electron chi connectivity index (χ0n) is 12.5. The molecule has 23 heavy (non-hydrogen) atoms. The van der Waals surface area contributed by atoms with Gasteiger partial charge in [0.1, 0.15) is 23.8 Å². The van der Waals surface area contributed by atoms with Gasteiger partial charge in [-0.15, -0.1) is 0 Å². The molecule has 0 aliphatic heterocycles. The first-order valence-corrected chi connectivity index (χ1v) is 7.40. The first kappa shape index (κ1) is 15.3. The van der Waals surface area contributed by atoms with Gasteiger partial charge in [-0.25, -0.2) is 4.39 Å². The van der Waals surface area contributed by atoms with E-state index in [-0.39, 0.29) is 12.4 Å². The van der Waals surface area contributed by atoms with Gasteiger partial charge in [0.05, 0.1) is 0 Å². The van der Waals surface area contributed by atoms with Crippen molar-refractivity contribution in [3.05, 3.63) is 102 Å². The van der Waals surface area contributed by atoms with Crippen molar-refractivity contribution in [1.82, 2.24) is 0 Å². The van der Waals surface area contributed by atoms with E-state index < -0.39 is 5.60 Å². The van der Waals surface area contributed by atoms with Gasteiger partial charge in [0, 0.05) is 0 Å². The standard InChI is InChI=1S/C20H17FO2/c21-18-11-13-19(14-12-18)23-15-20(22,16-7-3-1-4-8-16)17-9-5-2-6-10-17/h1-14,22H,15H2. The lowest BCUT2D eigenvalue weighted by atomic mass is 9.87. The molecule has 0 bridgehead atoms. The van der Waals surface area contributed by atoms with Crippen LogP contribution in [0.15, 0.2) is 84.9 Å². The summed E-state index contributed by atoms with van der Waals surface area (Å²) < 4.78 is 18.7. The van der Waals surface area contributed by atoms with Crippen LogP contribution in [0.5, 0.6) is 5.75 Å². The molecule has 0 spiro atoms. The Labute approximate surface area is 134 Å². The number of halogens is 1. The second-order valence-electron chi connectivity index (χ2n) is 5.33. The molecule has 2 nitrogen and oxygen atoms in total. The van der Waals surface area contributed by atoms with E-state index in [1.807, 2.05) is 60.7 Å². The summed E-state index contributed by atoms with van der Waals surface area (Å²) in [5, 5.41) is 11.3. The maximum Gasteiger partial charge on any atom is 0.148 e. The van der Waals surface area contributed by atoms with Crippen molar-refractivity contribution in [3.63, 3.8) is 0 Å². The van der Waals surface area contributed by atoms with E-state index in [2.05, 4.69) is 0 Å². The first-order valence-electron chi connectivity index (χ1n) is 7.40. The Kier molecular flexibility index (Phi) is 4.40. The summed E-state index contributed by atoms with van der Waals surface area (Å²) in [5.74, 6) is 0.190. The molecule has 3 heteroatoms. The smallest absolute Gasteiger partial charge is 0.148 e. The Bertz CT molecular complexity index is 700. The molecular formula is C20H17FO2. The fourth-order valence-electron chi connectivity index (χ4n) is 2.48. The van der Waals surface area contributed by atoms with Crippen molar-refractivity contribution in [3.8, 4) is 5.75 Å². The lowest BCUT2D eigenvalue weighted by molar-refractivity contribution is 0.0276. The molecule has 0 aromatic heterocycles. The number of ether oxygens (including phenoxy) is 1. The number of aliphatic hydroxyl groups is 1. The molecule has 3 aromatic rings. The lowest BCUT2D eigenvalue weighted by Crippen LogP contribution is -2.34. The minimum atomic E-state index is -1.28. The van der Waals surface area contributed by atoms with Crippen LogP contribution in [-0.2, 0) is 5.60 Å². The normalized spacial score (nSPS) is 11.2. The molecule has 0 atom stereocenters. The van der Waals surface area contributed by atoms with E-state index in [4.69, 9.17) is 4.74 Å². The van der Waals surface area contributed by atoms with E-state index in [1.54, 1.807) is 12.1 Å². The molecule has 0 aliphatic carbocycles. The maximum absolute atomic E-state index is 13.0. The van der Waals surface area contributed by atoms with E-state index >= 15 is 0 Å². The molecule has 116 valence electrons. The van der Waals surface area contributed by atoms with Gasteiger partial charge >= 0.3 is 0 Å². The van der Waals surface area contributed by atoms with Gasteiger partial charge in [-0.2, -0.15) is 0 Å². The SMILES string of the molecule is OC(COc1ccc(F)cc1)(c1ccccc1)c1ccccc1. The molecule has 3 rings (SSSR count). The summed E-state index contributed by atoms with van der Waals surface area (Å²) in [6, 6.07) is 24.5. The van der Waals surface area contributed by atoms with Gasteiger partial charge in [0.2, 0.25) is 0 Å². The van der Waals surface area contributed by atoms with Crippen molar-refractivity contribution >= 4 is 0 Å². The Balaban J connectivity index is 1.91. The highest BCUT2D eigenvalue weighted by atomic mass is 19.1. The molecule has 0 saturated heterocycles. The molecule has 0 radical (unpaired) electrons. The van der Waals surface area contributed by atoms with Crippen molar-refractivity contribution < 1.29 is 14.2 Å². The molecule has 0 heterocycles. The first-order chi connectivity index (χ1) is 11.2. The number of hydrogen-bond donors (Lipinski definition) is 1. The van der Waals surface area contributed by atoms with Crippen molar-refractivity contribution in [2.24, 2.45) is 0 Å². The van der Waals surface area contributed by atoms with Crippen molar-refractivity contribution in [2.75, 3.05) is 6.61 Å². The molecular weight excluding hydrogens is 291 g/mol. The Morgan fingerprint density at radius 1 is 0.739 bits per heavy atom. The minimum absolute atomic E-state index is 0.0344. The second kappa shape index (κ2) is 6.63. The third kappa shape index (κ3) is 3.41. The molecule has 0 amide bonds. The largest absolute Gasteiger partial charge is 0.490 e. The van der Waals surface area contributed by atoms with Crippen LogP contribution in [-0.4, -0.2) is 11.7 Å². The highest BCUT2D eigenvalue weighted by Crippen LogP contribution is 2.30. The van der Waals surface area contributed by atoms with Crippen LogP contribution in [0.1, 0.15) is 11.1 Å². The topological polar surface area (TPSA) is 29.5 Å². The number of hydrogen-bond acceptors (Lipinski definition) is 2. The van der Waals surface area contributed by atoms with Crippen LogP contribution < -0.4 is 4.74 Å². The average Bonchev–Trinajstić information content (AvgIpc) is 2.62. The van der Waals surface area contributed by atoms with Gasteiger partial charge in [0.25, 0.3) is 0 Å². The highest BCUT2D eigenvalue weighted by molar-refractivity contribution is 5.36. The van der Waals surface area contributed by atoms with E-state index in [9.17, 15) is 9.50 Å². The predicted molar refractivity (Wildman–Crippen MR) is 87.8 cm³/mol. The van der Waals surface area contributed by atoms with Crippen LogP contribution in [0, 0.1) is 5.82 Å². The van der Waals surface area contributed by atoms with Crippen molar-refractivity contribution in [1.29, 1.82) is 0 Å². The molecule has 1 N–H and O–H groups in total. The van der Waals surface area contributed by atoms with Crippen LogP contribution in [0.4, 0.5) is 4.39 Å². The van der Waals surface area contributed by atoms with Gasteiger partial charge in [-0.3, -0.25) is 0 Å². The Morgan fingerprint density at radius 2 is 1.22 bits per heavy atom. The third-order valence-corrected chi connectivity index (χ3v) is 3.76. The molecule has 3 aromatic carbocycles. The van der Waals surface area contributed by atoms with Gasteiger partial charge < -0.3 is 9.84 Å². The minimum Gasteiger partial charge on any atom is -0.490 e. The second-order valence-corrected chi connectivity index (χ2v) is 5.33. The summed E-state index contributed by atoms with van der Waals surface area (Å²) in [6.45, 7) is 0.0344. The summed E-state index contributed by atoms with van der Waals surface area (Å²) in [4.78, 5) is 0. The fraction of sp³-hybridized carbons (Fsp3) is 0.100. The predicted octanol–water partition coefficient (Wildman–Crippen LogP) is 4.14. The number of rotatable bonds is 5. The van der Waals surface area contributed by atoms with Crippen molar-refractivity contribution in [2.45, 2.75) is 5.60 Å².